The molecular weight excluding hydrogens is 921 g/mol. The number of piperidine rings is 1. The molecule has 372 valence electrons. The minimum atomic E-state index is -0.857. The van der Waals surface area contributed by atoms with Crippen LogP contribution in [-0.4, -0.2) is 128 Å². The summed E-state index contributed by atoms with van der Waals surface area (Å²) in [5, 5.41) is 13.4. The quantitative estimate of drug-likeness (QED) is 0.0271. The first-order valence-electron chi connectivity index (χ1n) is 23.8. The zero-order valence-corrected chi connectivity index (χ0v) is 41.8. The van der Waals surface area contributed by atoms with Crippen LogP contribution in [0.1, 0.15) is 105 Å². The fourth-order valence-electron chi connectivity index (χ4n) is 8.22. The number of imide groups is 1. The number of nitrogens with one attached hydrogen (secondary N) is 4. The fraction of sp³-hybridized carbons (Fsp3) is 0.520. The number of oxazole rings is 1. The summed E-state index contributed by atoms with van der Waals surface area (Å²) in [6, 6.07) is 12.1. The molecule has 69 heavy (non-hydrogen) atoms. The van der Waals surface area contributed by atoms with E-state index in [4.69, 9.17) is 23.4 Å². The molecule has 4 heterocycles. The van der Waals surface area contributed by atoms with Crippen molar-refractivity contribution in [2.75, 3.05) is 82.3 Å². The molecule has 7 rings (SSSR count). The summed E-state index contributed by atoms with van der Waals surface area (Å²) >= 11 is 3.34. The summed E-state index contributed by atoms with van der Waals surface area (Å²) in [4.78, 5) is 63.9. The normalized spacial score (nSPS) is 18.4. The van der Waals surface area contributed by atoms with Gasteiger partial charge in [-0.05, 0) is 88.5 Å². The standard InChI is InChI=1S/C50H66N8O9S2/c1-33-14-19-40(46(60)54-33)58-47(61)38-11-7-12-39(45(38)48(58)62)51-20-23-63-25-27-65-28-26-64-24-22-57(5)21-8-13-42(59)55-34-15-17-36(18-16-34)66-37-10-6-9-35(29-37)56-49-53-31-44(69-49)68-32-43-52-30-41(67-43)50(2,3)4/h7,11-12,15-18,30-31,35,37,40,51H,1,6,8-10,13-14,19-29,32H2,2-5H3,(H,53,56)(H,54,60)(H,55,59)/t35-,37?,40?/m1/s1. The Morgan fingerprint density at radius 1 is 0.957 bits per heavy atom. The first-order valence-corrected chi connectivity index (χ1v) is 25.6. The van der Waals surface area contributed by atoms with Crippen molar-refractivity contribution < 1.29 is 42.5 Å². The maximum atomic E-state index is 13.3. The lowest BCUT2D eigenvalue weighted by Crippen LogP contribution is -2.51. The molecule has 2 fully saturated rings. The molecule has 0 bridgehead atoms. The van der Waals surface area contributed by atoms with Crippen LogP contribution >= 0.6 is 23.1 Å². The monoisotopic (exact) mass is 986 g/mol. The number of carbonyl (C=O) groups excluding carboxylic acids is 4. The number of hydrogen-bond acceptors (Lipinski definition) is 16. The third kappa shape index (κ3) is 15.1. The molecule has 2 aliphatic heterocycles. The van der Waals surface area contributed by atoms with Crippen molar-refractivity contribution in [2.45, 2.75) is 106 Å². The smallest absolute Gasteiger partial charge is 0.264 e. The van der Waals surface area contributed by atoms with Gasteiger partial charge in [0.25, 0.3) is 11.8 Å². The van der Waals surface area contributed by atoms with Gasteiger partial charge in [0.1, 0.15) is 23.7 Å². The Morgan fingerprint density at radius 3 is 2.48 bits per heavy atom. The highest BCUT2D eigenvalue weighted by Gasteiger charge is 2.45. The number of hydrogen-bond donors (Lipinski definition) is 4. The molecule has 4 aromatic rings. The Balaban J connectivity index is 0.677. The third-order valence-corrected chi connectivity index (χ3v) is 14.1. The van der Waals surface area contributed by atoms with Crippen LogP contribution in [0.5, 0.6) is 5.75 Å². The van der Waals surface area contributed by atoms with Crippen LogP contribution in [0.25, 0.3) is 0 Å². The molecule has 4 N–H and O–H groups in total. The van der Waals surface area contributed by atoms with E-state index in [-0.39, 0.29) is 34.6 Å². The average molecular weight is 987 g/mol. The summed E-state index contributed by atoms with van der Waals surface area (Å²) in [6.07, 6.45) is 9.85. The Kier molecular flexibility index (Phi) is 18.7. The first-order chi connectivity index (χ1) is 33.3. The number of anilines is 3. The number of carbonyl (C=O) groups is 4. The van der Waals surface area contributed by atoms with Crippen LogP contribution in [0.15, 0.2) is 75.8 Å². The molecule has 17 nitrogen and oxygen atoms in total. The summed E-state index contributed by atoms with van der Waals surface area (Å²) in [5.41, 5.74) is 2.34. The van der Waals surface area contributed by atoms with Gasteiger partial charge in [-0.15, -0.1) is 11.8 Å². The molecule has 3 aliphatic rings. The van der Waals surface area contributed by atoms with Crippen molar-refractivity contribution in [1.29, 1.82) is 0 Å². The van der Waals surface area contributed by atoms with E-state index in [1.165, 1.54) is 0 Å². The maximum Gasteiger partial charge on any atom is 0.264 e. The van der Waals surface area contributed by atoms with Gasteiger partial charge in [0.05, 0.1) is 73.1 Å². The number of nitrogens with zero attached hydrogens (tertiary/aromatic N) is 4. The number of fused-ring (bicyclic) bond motifs is 1. The minimum Gasteiger partial charge on any atom is -0.490 e. The van der Waals surface area contributed by atoms with Gasteiger partial charge in [0.15, 0.2) is 5.13 Å². The molecule has 2 unspecified atom stereocenters. The molecule has 0 radical (unpaired) electrons. The lowest BCUT2D eigenvalue weighted by atomic mass is 9.93. The van der Waals surface area contributed by atoms with E-state index in [1.807, 2.05) is 43.7 Å². The van der Waals surface area contributed by atoms with Crippen LogP contribution < -0.4 is 26.0 Å². The zero-order chi connectivity index (χ0) is 48.8. The minimum absolute atomic E-state index is 0.0250. The summed E-state index contributed by atoms with van der Waals surface area (Å²) in [7, 11) is 2.01. The number of likely N-dealkylation sites (N-methyl/N-ethyl adjacent to an activating group) is 1. The number of thioether (sulfide) groups is 1. The highest BCUT2D eigenvalue weighted by molar-refractivity contribution is 8.00. The molecule has 4 amide bonds. The second-order valence-corrected chi connectivity index (χ2v) is 20.8. The molecule has 1 saturated carbocycles. The number of thiazole rings is 1. The zero-order valence-electron chi connectivity index (χ0n) is 40.1. The summed E-state index contributed by atoms with van der Waals surface area (Å²) in [6.45, 7) is 14.6. The van der Waals surface area contributed by atoms with Gasteiger partial charge < -0.3 is 49.5 Å². The van der Waals surface area contributed by atoms with Gasteiger partial charge >= 0.3 is 0 Å². The number of allylic oxidation sites excluding steroid dienone is 1. The SMILES string of the molecule is C=C1CCC(N2C(=O)c3cccc(NCCOCCOCCOCCN(C)CCCC(=O)Nc4ccc(OC5CCC[C@@H](Nc6ncc(SCc7ncc(C(C)(C)C)o7)s6)C5)cc4)c3C2=O)C(=O)N1. The van der Waals surface area contributed by atoms with E-state index < -0.39 is 23.8 Å². The van der Waals surface area contributed by atoms with Crippen LogP contribution in [0, 0.1) is 0 Å². The van der Waals surface area contributed by atoms with Gasteiger partial charge in [0, 0.05) is 54.5 Å². The molecule has 2 aromatic heterocycles. The number of rotatable bonds is 26. The highest BCUT2D eigenvalue weighted by Crippen LogP contribution is 2.35. The van der Waals surface area contributed by atoms with Gasteiger partial charge in [0.2, 0.25) is 17.7 Å². The maximum absolute atomic E-state index is 13.3. The van der Waals surface area contributed by atoms with Gasteiger partial charge in [-0.3, -0.25) is 24.1 Å². The molecule has 1 saturated heterocycles. The van der Waals surface area contributed by atoms with Crippen molar-refractivity contribution >= 4 is 63.2 Å². The largest absolute Gasteiger partial charge is 0.490 e. The van der Waals surface area contributed by atoms with E-state index in [0.717, 1.165) is 82.5 Å². The van der Waals surface area contributed by atoms with Crippen molar-refractivity contribution in [3.05, 3.63) is 89.9 Å². The summed E-state index contributed by atoms with van der Waals surface area (Å²) in [5.74, 6) is 1.71. The van der Waals surface area contributed by atoms with Crippen LogP contribution in [-0.2, 0) is 35.0 Å². The fourth-order valence-corrected chi connectivity index (χ4v) is 10.0. The predicted molar refractivity (Wildman–Crippen MR) is 267 cm³/mol. The van der Waals surface area contributed by atoms with Crippen molar-refractivity contribution in [1.82, 2.24) is 25.1 Å². The number of ether oxygens (including phenoxy) is 4. The van der Waals surface area contributed by atoms with Gasteiger partial charge in [-0.2, -0.15) is 0 Å². The third-order valence-electron chi connectivity index (χ3n) is 12.0. The van der Waals surface area contributed by atoms with E-state index in [0.29, 0.717) is 82.6 Å². The van der Waals surface area contributed by atoms with Crippen molar-refractivity contribution in [3.63, 3.8) is 0 Å². The average Bonchev–Trinajstić information content (AvgIpc) is 4.05. The number of benzene rings is 2. The van der Waals surface area contributed by atoms with Crippen LogP contribution in [0.4, 0.5) is 16.5 Å². The van der Waals surface area contributed by atoms with Crippen LogP contribution in [0.2, 0.25) is 0 Å². The molecule has 2 aromatic carbocycles. The highest BCUT2D eigenvalue weighted by atomic mass is 32.2. The second kappa shape index (κ2) is 25.0. The molecular formula is C50H66N8O9S2. The Labute approximate surface area is 412 Å². The van der Waals surface area contributed by atoms with E-state index in [9.17, 15) is 19.2 Å². The van der Waals surface area contributed by atoms with Crippen molar-refractivity contribution in [2.24, 2.45) is 0 Å². The first kappa shape index (κ1) is 51.5. The summed E-state index contributed by atoms with van der Waals surface area (Å²) < 4.78 is 30.5. The topological polar surface area (TPSA) is 199 Å². The van der Waals surface area contributed by atoms with Gasteiger partial charge in [-0.25, -0.2) is 9.97 Å². The Hall–Kier alpha value is -5.31. The van der Waals surface area contributed by atoms with E-state index in [2.05, 4.69) is 63.5 Å². The van der Waals surface area contributed by atoms with E-state index >= 15 is 0 Å². The predicted octanol–water partition coefficient (Wildman–Crippen LogP) is 7.72. The van der Waals surface area contributed by atoms with Crippen molar-refractivity contribution in [3.8, 4) is 5.75 Å². The lowest BCUT2D eigenvalue weighted by Gasteiger charge is -2.30. The Morgan fingerprint density at radius 2 is 1.72 bits per heavy atom. The van der Waals surface area contributed by atoms with E-state index in [1.54, 1.807) is 41.3 Å². The molecule has 19 heteroatoms. The van der Waals surface area contributed by atoms with Crippen LogP contribution in [0.3, 0.4) is 0 Å². The molecule has 3 atom stereocenters. The second-order valence-electron chi connectivity index (χ2n) is 18.5. The molecule has 1 aliphatic carbocycles. The number of aromatic nitrogens is 2. The molecule has 0 spiro atoms. The number of amides is 4. The lowest BCUT2D eigenvalue weighted by molar-refractivity contribution is -0.125. The van der Waals surface area contributed by atoms with Gasteiger partial charge in [-0.1, -0.05) is 44.8 Å². The Bertz CT molecular complexity index is 2370.